The number of aryl methyl sites for hydroxylation is 1. The molecule has 0 radical (unpaired) electrons. The van der Waals surface area contributed by atoms with E-state index < -0.39 is 0 Å². The number of imidazole rings is 1. The van der Waals surface area contributed by atoms with E-state index in [0.717, 1.165) is 11.2 Å². The molecule has 3 aromatic rings. The van der Waals surface area contributed by atoms with E-state index in [1.165, 1.54) is 6.07 Å². The van der Waals surface area contributed by atoms with Crippen LogP contribution in [0.1, 0.15) is 5.56 Å². The summed E-state index contributed by atoms with van der Waals surface area (Å²) in [5.41, 5.74) is 8.47. The molecule has 0 unspecified atom stereocenters. The lowest BCUT2D eigenvalue weighted by Gasteiger charge is -2.09. The van der Waals surface area contributed by atoms with Crippen LogP contribution in [0.5, 0.6) is 5.75 Å². The maximum Gasteiger partial charge on any atom is 0.205 e. The maximum atomic E-state index is 13.6. The Labute approximate surface area is 125 Å². The van der Waals surface area contributed by atoms with Crippen LogP contribution in [0.4, 0.5) is 10.3 Å². The Morgan fingerprint density at radius 1 is 1.29 bits per heavy atom. The highest BCUT2D eigenvalue weighted by Crippen LogP contribution is 2.30. The number of rotatable bonds is 2. The molecule has 0 amide bonds. The topological polar surface area (TPSA) is 53.1 Å². The van der Waals surface area contributed by atoms with Crippen molar-refractivity contribution in [1.29, 1.82) is 0 Å². The molecule has 0 saturated carbocycles. The number of hydrogen-bond donors (Lipinski definition) is 1. The number of nitrogens with zero attached hydrogens (tertiary/aromatic N) is 2. The molecule has 0 atom stereocenters. The Morgan fingerprint density at radius 2 is 2.05 bits per heavy atom. The first kappa shape index (κ1) is 13.7. The van der Waals surface area contributed by atoms with Crippen LogP contribution < -0.4 is 10.5 Å². The van der Waals surface area contributed by atoms with Gasteiger partial charge in [-0.05, 0) is 36.8 Å². The van der Waals surface area contributed by atoms with Crippen molar-refractivity contribution in [2.24, 2.45) is 0 Å². The molecule has 0 fully saturated rings. The van der Waals surface area contributed by atoms with Crippen molar-refractivity contribution in [3.8, 4) is 11.4 Å². The summed E-state index contributed by atoms with van der Waals surface area (Å²) in [6, 6.07) is 8.39. The number of benzene rings is 2. The molecule has 0 aliphatic carbocycles. The van der Waals surface area contributed by atoms with Crippen molar-refractivity contribution < 1.29 is 9.13 Å². The SMILES string of the molecule is COc1ccc(-n2c(N)nc3cc(F)c(C)cc32)cc1Cl. The number of nitrogen functional groups attached to an aromatic ring is 1. The molecule has 2 aromatic carbocycles. The van der Waals surface area contributed by atoms with E-state index in [4.69, 9.17) is 22.1 Å². The Hall–Kier alpha value is -2.27. The predicted octanol–water partition coefficient (Wildman–Crippen LogP) is 3.72. The highest BCUT2D eigenvalue weighted by molar-refractivity contribution is 6.32. The van der Waals surface area contributed by atoms with Gasteiger partial charge in [0.2, 0.25) is 5.95 Å². The van der Waals surface area contributed by atoms with Gasteiger partial charge in [-0.15, -0.1) is 0 Å². The lowest BCUT2D eigenvalue weighted by Crippen LogP contribution is -2.01. The van der Waals surface area contributed by atoms with Crippen molar-refractivity contribution in [2.75, 3.05) is 12.8 Å². The van der Waals surface area contributed by atoms with Crippen molar-refractivity contribution in [3.05, 3.63) is 46.7 Å². The number of anilines is 1. The van der Waals surface area contributed by atoms with Gasteiger partial charge in [-0.3, -0.25) is 4.57 Å². The van der Waals surface area contributed by atoms with Crippen LogP contribution in [-0.4, -0.2) is 16.7 Å². The Balaban J connectivity index is 2.27. The summed E-state index contributed by atoms with van der Waals surface area (Å²) in [7, 11) is 1.55. The number of aromatic nitrogens is 2. The quantitative estimate of drug-likeness (QED) is 0.785. The van der Waals surface area contributed by atoms with Gasteiger partial charge in [0.05, 0.1) is 28.9 Å². The summed E-state index contributed by atoms with van der Waals surface area (Å²) in [5, 5.41) is 0.468. The van der Waals surface area contributed by atoms with E-state index in [-0.39, 0.29) is 11.8 Å². The molecule has 1 heterocycles. The van der Waals surface area contributed by atoms with E-state index in [9.17, 15) is 4.39 Å². The van der Waals surface area contributed by atoms with Gasteiger partial charge >= 0.3 is 0 Å². The molecule has 0 saturated heterocycles. The molecule has 3 rings (SSSR count). The normalized spacial score (nSPS) is 11.0. The molecule has 6 heteroatoms. The Morgan fingerprint density at radius 3 is 2.71 bits per heavy atom. The second-order valence-electron chi connectivity index (χ2n) is 4.71. The minimum absolute atomic E-state index is 0.274. The monoisotopic (exact) mass is 305 g/mol. The zero-order valence-electron chi connectivity index (χ0n) is 11.5. The van der Waals surface area contributed by atoms with Crippen LogP contribution in [0.25, 0.3) is 16.7 Å². The van der Waals surface area contributed by atoms with Gasteiger partial charge in [-0.1, -0.05) is 11.6 Å². The first-order valence-corrected chi connectivity index (χ1v) is 6.67. The average molecular weight is 306 g/mol. The minimum Gasteiger partial charge on any atom is -0.495 e. The summed E-state index contributed by atoms with van der Waals surface area (Å²) in [4.78, 5) is 4.19. The first-order valence-electron chi connectivity index (χ1n) is 6.29. The van der Waals surface area contributed by atoms with E-state index in [2.05, 4.69) is 4.98 Å². The van der Waals surface area contributed by atoms with Crippen LogP contribution in [0, 0.1) is 12.7 Å². The molecule has 0 bridgehead atoms. The fourth-order valence-corrected chi connectivity index (χ4v) is 2.54. The van der Waals surface area contributed by atoms with E-state index in [1.54, 1.807) is 36.8 Å². The largest absolute Gasteiger partial charge is 0.495 e. The van der Waals surface area contributed by atoms with Crippen molar-refractivity contribution in [3.63, 3.8) is 0 Å². The van der Waals surface area contributed by atoms with Crippen molar-refractivity contribution >= 4 is 28.6 Å². The summed E-state index contributed by atoms with van der Waals surface area (Å²) in [6.07, 6.45) is 0. The summed E-state index contributed by atoms with van der Waals surface area (Å²) >= 11 is 6.15. The smallest absolute Gasteiger partial charge is 0.205 e. The molecule has 21 heavy (non-hydrogen) atoms. The predicted molar refractivity (Wildman–Crippen MR) is 81.7 cm³/mol. The number of fused-ring (bicyclic) bond motifs is 1. The van der Waals surface area contributed by atoms with Gasteiger partial charge in [-0.25, -0.2) is 9.37 Å². The Bertz CT molecular complexity index is 845. The second-order valence-corrected chi connectivity index (χ2v) is 5.12. The number of nitrogens with two attached hydrogens (primary N) is 1. The van der Waals surface area contributed by atoms with Gasteiger partial charge in [0, 0.05) is 6.07 Å². The number of halogens is 2. The average Bonchev–Trinajstić information content (AvgIpc) is 2.74. The molecule has 0 aliphatic heterocycles. The van der Waals surface area contributed by atoms with E-state index >= 15 is 0 Å². The highest BCUT2D eigenvalue weighted by Gasteiger charge is 2.13. The van der Waals surface area contributed by atoms with Crippen LogP contribution in [0.15, 0.2) is 30.3 Å². The number of ether oxygens (including phenoxy) is 1. The van der Waals surface area contributed by atoms with Crippen LogP contribution in [0.2, 0.25) is 5.02 Å². The molecule has 4 nitrogen and oxygen atoms in total. The fourth-order valence-electron chi connectivity index (χ4n) is 2.29. The lowest BCUT2D eigenvalue weighted by atomic mass is 10.2. The van der Waals surface area contributed by atoms with Crippen LogP contribution >= 0.6 is 11.6 Å². The molecular formula is C15H13ClFN3O. The van der Waals surface area contributed by atoms with Crippen molar-refractivity contribution in [2.45, 2.75) is 6.92 Å². The van der Waals surface area contributed by atoms with Gasteiger partial charge < -0.3 is 10.5 Å². The summed E-state index contributed by atoms with van der Waals surface area (Å²) < 4.78 is 20.5. The molecular weight excluding hydrogens is 293 g/mol. The summed E-state index contributed by atoms with van der Waals surface area (Å²) in [6.45, 7) is 1.70. The molecule has 2 N–H and O–H groups in total. The van der Waals surface area contributed by atoms with E-state index in [0.29, 0.717) is 21.9 Å². The molecule has 0 aliphatic rings. The van der Waals surface area contributed by atoms with E-state index in [1.807, 2.05) is 6.07 Å². The minimum atomic E-state index is -0.306. The molecule has 108 valence electrons. The third-order valence-corrected chi connectivity index (χ3v) is 3.65. The van der Waals surface area contributed by atoms with Gasteiger partial charge in [0.15, 0.2) is 0 Å². The van der Waals surface area contributed by atoms with Crippen LogP contribution in [-0.2, 0) is 0 Å². The first-order chi connectivity index (χ1) is 10.0. The second kappa shape index (κ2) is 4.93. The zero-order valence-corrected chi connectivity index (χ0v) is 12.3. The third kappa shape index (κ3) is 2.19. The third-order valence-electron chi connectivity index (χ3n) is 3.35. The van der Waals surface area contributed by atoms with Crippen LogP contribution in [0.3, 0.4) is 0 Å². The van der Waals surface area contributed by atoms with Gasteiger partial charge in [0.1, 0.15) is 11.6 Å². The van der Waals surface area contributed by atoms with Gasteiger partial charge in [0.25, 0.3) is 0 Å². The number of methoxy groups -OCH3 is 1. The maximum absolute atomic E-state index is 13.6. The molecule has 0 spiro atoms. The van der Waals surface area contributed by atoms with Crippen molar-refractivity contribution in [1.82, 2.24) is 9.55 Å². The lowest BCUT2D eigenvalue weighted by molar-refractivity contribution is 0.415. The molecule has 1 aromatic heterocycles. The van der Waals surface area contributed by atoms with Gasteiger partial charge in [-0.2, -0.15) is 0 Å². The Kier molecular flexibility index (Phi) is 3.22. The highest BCUT2D eigenvalue weighted by atomic mass is 35.5. The standard InChI is InChI=1S/C15H13ClFN3O/c1-8-5-13-12(7-11(8)17)19-15(18)20(13)9-3-4-14(21-2)10(16)6-9/h3-7H,1-2H3,(H2,18,19). The summed E-state index contributed by atoms with van der Waals surface area (Å²) in [5.74, 6) is 0.543. The zero-order chi connectivity index (χ0) is 15.1. The fraction of sp³-hybridized carbons (Fsp3) is 0.133. The number of hydrogen-bond acceptors (Lipinski definition) is 3.